The number of hydrogen-bond acceptors (Lipinski definition) is 9. The van der Waals surface area contributed by atoms with Crippen molar-refractivity contribution in [1.29, 1.82) is 0 Å². The summed E-state index contributed by atoms with van der Waals surface area (Å²) < 4.78 is 11.3. The molecule has 212 valence electrons. The zero-order valence-electron chi connectivity index (χ0n) is 23.3. The highest BCUT2D eigenvalue weighted by Crippen LogP contribution is 2.28. The number of nitrogens with one attached hydrogen (secondary N) is 2. The predicted octanol–water partition coefficient (Wildman–Crippen LogP) is 4.30. The number of carbonyl (C=O) groups is 4. The molecule has 2 heterocycles. The van der Waals surface area contributed by atoms with Crippen LogP contribution in [0.1, 0.15) is 65.5 Å². The molecule has 3 rings (SSSR count). The van der Waals surface area contributed by atoms with Gasteiger partial charge in [0.1, 0.15) is 11.8 Å². The van der Waals surface area contributed by atoms with E-state index in [1.165, 1.54) is 29.2 Å². The van der Waals surface area contributed by atoms with E-state index in [4.69, 9.17) is 9.47 Å². The van der Waals surface area contributed by atoms with Crippen LogP contribution in [0.5, 0.6) is 0 Å². The number of esters is 1. The number of nitrogens with zero attached hydrogens (tertiary/aromatic N) is 4. The molecular weight excluding hydrogens is 516 g/mol. The second-order valence-electron chi connectivity index (χ2n) is 8.93. The average Bonchev–Trinajstić information content (AvgIpc) is 3.28. The van der Waals surface area contributed by atoms with Crippen LogP contribution in [-0.4, -0.2) is 63.3 Å². The van der Waals surface area contributed by atoms with Crippen LogP contribution >= 0.6 is 0 Å². The number of benzene rings is 1. The lowest BCUT2D eigenvalue weighted by Crippen LogP contribution is -2.38. The number of allylic oxidation sites excluding steroid dienone is 1. The Hall–Kier alpha value is -4.74. The van der Waals surface area contributed by atoms with Crippen molar-refractivity contribution < 1.29 is 28.7 Å². The number of anilines is 2. The number of aryl methyl sites for hydroxylation is 2. The highest BCUT2D eigenvalue weighted by molar-refractivity contribution is 6.05. The molecule has 3 amide bonds. The first-order valence-corrected chi connectivity index (χ1v) is 13.0. The molecule has 0 bridgehead atoms. The fraction of sp³-hybridized carbons (Fsp3) is 0.357. The Morgan fingerprint density at radius 1 is 1.10 bits per heavy atom. The fourth-order valence-electron chi connectivity index (χ4n) is 3.88. The third-order valence-corrected chi connectivity index (χ3v) is 5.94. The van der Waals surface area contributed by atoms with Crippen molar-refractivity contribution in [2.24, 2.45) is 0 Å². The molecule has 40 heavy (non-hydrogen) atoms. The molecule has 0 aliphatic rings. The molecule has 0 atom stereocenters. The molecule has 0 unspecified atom stereocenters. The molecule has 0 spiro atoms. The van der Waals surface area contributed by atoms with Gasteiger partial charge in [0, 0.05) is 36.6 Å². The van der Waals surface area contributed by atoms with Gasteiger partial charge < -0.3 is 20.1 Å². The first-order chi connectivity index (χ1) is 19.2. The minimum atomic E-state index is -0.937. The van der Waals surface area contributed by atoms with Gasteiger partial charge in [-0.25, -0.2) is 24.0 Å². The van der Waals surface area contributed by atoms with E-state index in [0.29, 0.717) is 41.1 Å². The van der Waals surface area contributed by atoms with Crippen molar-refractivity contribution >= 4 is 40.9 Å². The average molecular weight is 551 g/mol. The maximum Gasteiger partial charge on any atom is 0.419 e. The highest BCUT2D eigenvalue weighted by Gasteiger charge is 2.28. The molecule has 0 aliphatic heterocycles. The number of carbonyl (C=O) groups excluding carboxylic acids is 4. The molecule has 2 aromatic heterocycles. The molecule has 2 N–H and O–H groups in total. The van der Waals surface area contributed by atoms with Crippen LogP contribution in [-0.2, 0) is 14.3 Å². The van der Waals surface area contributed by atoms with Gasteiger partial charge in [-0.3, -0.25) is 9.59 Å². The Morgan fingerprint density at radius 3 is 2.58 bits per heavy atom. The molecular formula is C28H34N6O6. The van der Waals surface area contributed by atoms with E-state index in [1.54, 1.807) is 26.0 Å². The van der Waals surface area contributed by atoms with Gasteiger partial charge >= 0.3 is 12.1 Å². The van der Waals surface area contributed by atoms with Gasteiger partial charge in [0.15, 0.2) is 5.82 Å². The van der Waals surface area contributed by atoms with Crippen molar-refractivity contribution in [1.82, 2.24) is 24.8 Å². The van der Waals surface area contributed by atoms with Gasteiger partial charge in [-0.1, -0.05) is 26.0 Å². The van der Waals surface area contributed by atoms with Crippen molar-refractivity contribution in [3.63, 3.8) is 0 Å². The first-order valence-electron chi connectivity index (χ1n) is 13.0. The summed E-state index contributed by atoms with van der Waals surface area (Å²) in [7, 11) is 0. The van der Waals surface area contributed by atoms with Crippen LogP contribution < -0.4 is 10.6 Å². The van der Waals surface area contributed by atoms with Gasteiger partial charge in [0.25, 0.3) is 11.8 Å². The van der Waals surface area contributed by atoms with E-state index in [2.05, 4.69) is 20.7 Å². The zero-order valence-corrected chi connectivity index (χ0v) is 23.3. The predicted molar refractivity (Wildman–Crippen MR) is 148 cm³/mol. The summed E-state index contributed by atoms with van der Waals surface area (Å²) >= 11 is 0. The Bertz CT molecular complexity index is 1430. The molecule has 1 aromatic carbocycles. The van der Waals surface area contributed by atoms with Crippen LogP contribution in [0.4, 0.5) is 16.3 Å². The minimum absolute atomic E-state index is 0.0922. The third kappa shape index (κ3) is 7.01. The molecule has 12 heteroatoms. The number of fused-ring (bicyclic) bond motifs is 1. The number of ether oxygens (including phenoxy) is 2. The Labute approximate surface area is 232 Å². The summed E-state index contributed by atoms with van der Waals surface area (Å²) in [5, 5.41) is 10.4. The van der Waals surface area contributed by atoms with Crippen molar-refractivity contribution in [2.45, 2.75) is 47.5 Å². The Morgan fingerprint density at radius 2 is 1.88 bits per heavy atom. The molecule has 12 nitrogen and oxygen atoms in total. The van der Waals surface area contributed by atoms with Crippen LogP contribution in [0.2, 0.25) is 0 Å². The van der Waals surface area contributed by atoms with E-state index in [9.17, 15) is 19.2 Å². The largest absolute Gasteiger partial charge is 0.425 e. The van der Waals surface area contributed by atoms with E-state index in [1.807, 2.05) is 26.8 Å². The number of imide groups is 1. The lowest BCUT2D eigenvalue weighted by Gasteiger charge is -2.19. The van der Waals surface area contributed by atoms with E-state index >= 15 is 0 Å². The molecule has 0 aliphatic carbocycles. The van der Waals surface area contributed by atoms with Crippen LogP contribution in [0.25, 0.3) is 5.52 Å². The van der Waals surface area contributed by atoms with Crippen molar-refractivity contribution in [3.05, 3.63) is 65.1 Å². The lowest BCUT2D eigenvalue weighted by atomic mass is 10.1. The summed E-state index contributed by atoms with van der Waals surface area (Å²) in [5.41, 5.74) is 3.34. The van der Waals surface area contributed by atoms with E-state index < -0.39 is 24.8 Å². The van der Waals surface area contributed by atoms with Crippen LogP contribution in [0, 0.1) is 13.8 Å². The van der Waals surface area contributed by atoms with Gasteiger partial charge in [-0.15, -0.1) is 0 Å². The van der Waals surface area contributed by atoms with E-state index in [-0.39, 0.29) is 18.0 Å². The highest BCUT2D eigenvalue weighted by atomic mass is 16.7. The minimum Gasteiger partial charge on any atom is -0.425 e. The van der Waals surface area contributed by atoms with Crippen molar-refractivity contribution in [2.75, 3.05) is 25.2 Å². The maximum atomic E-state index is 13.5. The summed E-state index contributed by atoms with van der Waals surface area (Å²) in [6, 6.07) is 5.33. The number of aromatic nitrogens is 3. The summed E-state index contributed by atoms with van der Waals surface area (Å²) in [4.78, 5) is 55.5. The van der Waals surface area contributed by atoms with Gasteiger partial charge in [-0.05, 0) is 56.9 Å². The summed E-state index contributed by atoms with van der Waals surface area (Å²) in [6.07, 6.45) is 5.91. The monoisotopic (exact) mass is 550 g/mol. The third-order valence-electron chi connectivity index (χ3n) is 5.94. The van der Waals surface area contributed by atoms with Crippen LogP contribution in [0.3, 0.4) is 0 Å². The standard InChI is InChI=1S/C28H34N6O6/c1-6-9-23(35)39-17-40-28(38)33(13-8-3)27(37)21-15-34-24(19(21)5)25(30-16-31-34)32-22-14-20(11-10-18(22)4)26(36)29-12-7-2/h6,9-11,14-16H,7-8,12-13,17H2,1-5H3,(H,29,36)(H,30,31,32)/b9-6+. The zero-order chi connectivity index (χ0) is 29.2. The van der Waals surface area contributed by atoms with E-state index in [0.717, 1.165) is 16.9 Å². The smallest absolute Gasteiger partial charge is 0.419 e. The summed E-state index contributed by atoms with van der Waals surface area (Å²) in [5.74, 6) is -1.02. The molecule has 0 fully saturated rings. The maximum absolute atomic E-state index is 13.5. The lowest BCUT2D eigenvalue weighted by molar-refractivity contribution is -0.146. The Balaban J connectivity index is 1.89. The topological polar surface area (TPSA) is 144 Å². The number of amides is 3. The quantitative estimate of drug-likeness (QED) is 0.203. The Kier molecular flexibility index (Phi) is 10.3. The fourth-order valence-corrected chi connectivity index (χ4v) is 3.88. The first kappa shape index (κ1) is 29.8. The van der Waals surface area contributed by atoms with Gasteiger partial charge in [0.2, 0.25) is 6.79 Å². The molecule has 0 saturated heterocycles. The molecule has 0 radical (unpaired) electrons. The SMILES string of the molecule is C/C=C/C(=O)OCOC(=O)N(CCC)C(=O)c1cn2ncnc(Nc3cc(C(=O)NCCC)ccc3C)c2c1C. The van der Waals surface area contributed by atoms with Gasteiger partial charge in [0.05, 0.1) is 5.56 Å². The van der Waals surface area contributed by atoms with Gasteiger partial charge in [-0.2, -0.15) is 5.10 Å². The molecule has 0 saturated carbocycles. The number of rotatable bonds is 11. The number of hydrogen-bond donors (Lipinski definition) is 2. The normalized spacial score (nSPS) is 10.9. The van der Waals surface area contributed by atoms with Crippen LogP contribution in [0.15, 0.2) is 42.9 Å². The second kappa shape index (κ2) is 13.9. The second-order valence-corrected chi connectivity index (χ2v) is 8.93. The molecule has 3 aromatic rings. The summed E-state index contributed by atoms with van der Waals surface area (Å²) in [6.45, 7) is 9.12. The van der Waals surface area contributed by atoms with Crippen molar-refractivity contribution in [3.8, 4) is 0 Å².